The van der Waals surface area contributed by atoms with E-state index in [0.717, 1.165) is 12.1 Å². The Balaban J connectivity index is 1.87. The first kappa shape index (κ1) is 15.8. The summed E-state index contributed by atoms with van der Waals surface area (Å²) in [5.74, 6) is 0.681. The number of benzene rings is 1. The van der Waals surface area contributed by atoms with E-state index in [4.69, 9.17) is 16.3 Å². The first-order valence-corrected chi connectivity index (χ1v) is 7.36. The predicted molar refractivity (Wildman–Crippen MR) is 86.6 cm³/mol. The van der Waals surface area contributed by atoms with Crippen molar-refractivity contribution in [2.45, 2.75) is 39.5 Å². The van der Waals surface area contributed by atoms with Crippen LogP contribution in [0.15, 0.2) is 42.7 Å². The fraction of sp³-hybridized carbons (Fsp3) is 0.353. The summed E-state index contributed by atoms with van der Waals surface area (Å²) in [6, 6.07) is 10.2. The van der Waals surface area contributed by atoms with Crippen molar-refractivity contribution in [3.05, 3.63) is 58.9 Å². The lowest BCUT2D eigenvalue weighted by Crippen LogP contribution is -2.35. The highest BCUT2D eigenvalue weighted by Crippen LogP contribution is 2.17. The number of hydrogen-bond donors (Lipinski definition) is 1. The van der Waals surface area contributed by atoms with Gasteiger partial charge in [-0.05, 0) is 31.9 Å². The lowest BCUT2D eigenvalue weighted by molar-refractivity contribution is 0.305. The third-order valence-corrected chi connectivity index (χ3v) is 3.14. The molecule has 0 atom stereocenters. The number of ether oxygens (including phenoxy) is 1. The minimum Gasteiger partial charge on any atom is -0.487 e. The number of rotatable bonds is 5. The lowest BCUT2D eigenvalue weighted by Gasteiger charge is -2.20. The van der Waals surface area contributed by atoms with E-state index in [0.29, 0.717) is 17.4 Å². The summed E-state index contributed by atoms with van der Waals surface area (Å²) in [6.07, 6.45) is 3.25. The summed E-state index contributed by atoms with van der Waals surface area (Å²) >= 11 is 5.87. The third-order valence-electron chi connectivity index (χ3n) is 2.93. The van der Waals surface area contributed by atoms with Crippen molar-refractivity contribution in [2.24, 2.45) is 0 Å². The van der Waals surface area contributed by atoms with E-state index < -0.39 is 0 Å². The average Bonchev–Trinajstić information content (AvgIpc) is 2.43. The van der Waals surface area contributed by atoms with Crippen LogP contribution in [0.3, 0.4) is 0 Å². The number of pyridine rings is 1. The van der Waals surface area contributed by atoms with Crippen LogP contribution in [0.2, 0.25) is 5.02 Å². The van der Waals surface area contributed by atoms with E-state index in [1.165, 1.54) is 5.56 Å². The van der Waals surface area contributed by atoms with E-state index in [-0.39, 0.29) is 5.54 Å². The van der Waals surface area contributed by atoms with Gasteiger partial charge in [-0.25, -0.2) is 0 Å². The van der Waals surface area contributed by atoms with Crippen LogP contribution in [0.1, 0.15) is 31.9 Å². The van der Waals surface area contributed by atoms with E-state index in [2.05, 4.69) is 55.3 Å². The predicted octanol–water partition coefficient (Wildman–Crippen LogP) is 4.20. The first-order valence-electron chi connectivity index (χ1n) is 6.98. The molecule has 1 aromatic heterocycles. The molecule has 0 bridgehead atoms. The highest BCUT2D eigenvalue weighted by molar-refractivity contribution is 6.30. The molecule has 0 unspecified atom stereocenters. The monoisotopic (exact) mass is 304 g/mol. The summed E-state index contributed by atoms with van der Waals surface area (Å²) in [7, 11) is 0. The van der Waals surface area contributed by atoms with E-state index >= 15 is 0 Å². The third kappa shape index (κ3) is 5.74. The van der Waals surface area contributed by atoms with Gasteiger partial charge in [0.25, 0.3) is 0 Å². The van der Waals surface area contributed by atoms with Crippen LogP contribution in [-0.2, 0) is 13.2 Å². The second kappa shape index (κ2) is 6.92. The Hall–Kier alpha value is -1.58. The van der Waals surface area contributed by atoms with Gasteiger partial charge in [-0.3, -0.25) is 4.98 Å². The van der Waals surface area contributed by atoms with Crippen LogP contribution < -0.4 is 10.1 Å². The minimum absolute atomic E-state index is 0.126. The van der Waals surface area contributed by atoms with Gasteiger partial charge in [0.1, 0.15) is 12.4 Å². The number of nitrogens with zero attached hydrogens (tertiary/aromatic N) is 1. The molecule has 21 heavy (non-hydrogen) atoms. The molecule has 0 aliphatic rings. The van der Waals surface area contributed by atoms with Crippen LogP contribution in [0.4, 0.5) is 0 Å². The summed E-state index contributed by atoms with van der Waals surface area (Å²) in [4.78, 5) is 3.99. The fourth-order valence-electron chi connectivity index (χ4n) is 1.76. The zero-order valence-corrected chi connectivity index (χ0v) is 13.4. The fourth-order valence-corrected chi connectivity index (χ4v) is 1.92. The number of halogens is 1. The molecule has 0 amide bonds. The van der Waals surface area contributed by atoms with E-state index in [1.54, 1.807) is 18.5 Å². The highest BCUT2D eigenvalue weighted by Gasteiger charge is 2.08. The van der Waals surface area contributed by atoms with Gasteiger partial charge >= 0.3 is 0 Å². The van der Waals surface area contributed by atoms with Gasteiger partial charge in [-0.15, -0.1) is 0 Å². The number of hydrogen-bond acceptors (Lipinski definition) is 3. The maximum Gasteiger partial charge on any atom is 0.139 e. The van der Waals surface area contributed by atoms with Crippen molar-refractivity contribution < 1.29 is 4.74 Å². The molecule has 1 N–H and O–H groups in total. The molecule has 2 aromatic rings. The van der Waals surface area contributed by atoms with E-state index in [1.807, 2.05) is 0 Å². The van der Waals surface area contributed by atoms with Crippen molar-refractivity contribution in [2.75, 3.05) is 0 Å². The van der Waals surface area contributed by atoms with Gasteiger partial charge < -0.3 is 10.1 Å². The van der Waals surface area contributed by atoms with Crippen LogP contribution in [0, 0.1) is 0 Å². The van der Waals surface area contributed by atoms with Gasteiger partial charge in [-0.2, -0.15) is 0 Å². The Morgan fingerprint density at radius 3 is 2.38 bits per heavy atom. The van der Waals surface area contributed by atoms with Crippen molar-refractivity contribution in [3.63, 3.8) is 0 Å². The molecule has 0 saturated heterocycles. The Kier molecular flexibility index (Phi) is 5.21. The van der Waals surface area contributed by atoms with Gasteiger partial charge in [0.05, 0.1) is 11.2 Å². The zero-order valence-electron chi connectivity index (χ0n) is 12.7. The normalized spacial score (nSPS) is 11.4. The molecule has 0 spiro atoms. The lowest BCUT2D eigenvalue weighted by atomic mass is 10.1. The number of aromatic nitrogens is 1. The summed E-state index contributed by atoms with van der Waals surface area (Å²) in [5.41, 5.74) is 2.51. The van der Waals surface area contributed by atoms with Crippen LogP contribution in [0.5, 0.6) is 5.75 Å². The Labute approximate surface area is 131 Å². The van der Waals surface area contributed by atoms with Crippen molar-refractivity contribution >= 4 is 11.6 Å². The Morgan fingerprint density at radius 1 is 1.10 bits per heavy atom. The molecule has 1 aromatic carbocycles. The van der Waals surface area contributed by atoms with Crippen molar-refractivity contribution in [3.8, 4) is 5.75 Å². The molecule has 2 rings (SSSR count). The number of nitrogens with one attached hydrogen (secondary N) is 1. The van der Waals surface area contributed by atoms with Gasteiger partial charge in [0, 0.05) is 24.3 Å². The van der Waals surface area contributed by atoms with Crippen LogP contribution in [0.25, 0.3) is 0 Å². The quantitative estimate of drug-likeness (QED) is 0.899. The summed E-state index contributed by atoms with van der Waals surface area (Å²) in [6.45, 7) is 7.86. The smallest absolute Gasteiger partial charge is 0.139 e. The average molecular weight is 305 g/mol. The molecule has 3 nitrogen and oxygen atoms in total. The molecule has 0 aliphatic heterocycles. The molecule has 0 radical (unpaired) electrons. The standard InChI is InChI=1S/C17H21ClN2O/c1-17(2,3)20-9-13-4-6-14(7-5-13)12-21-16-8-15(18)10-19-11-16/h4-8,10-11,20H,9,12H2,1-3H3. The summed E-state index contributed by atoms with van der Waals surface area (Å²) < 4.78 is 5.66. The van der Waals surface area contributed by atoms with Crippen molar-refractivity contribution in [1.82, 2.24) is 10.3 Å². The van der Waals surface area contributed by atoms with Gasteiger partial charge in [0.15, 0.2) is 0 Å². The second-order valence-corrected chi connectivity index (χ2v) is 6.48. The van der Waals surface area contributed by atoms with Crippen molar-refractivity contribution in [1.29, 1.82) is 0 Å². The molecule has 4 heteroatoms. The van der Waals surface area contributed by atoms with Crippen LogP contribution in [-0.4, -0.2) is 10.5 Å². The Bertz CT molecular complexity index is 576. The molecular formula is C17H21ClN2O. The van der Waals surface area contributed by atoms with Gasteiger partial charge in [0.2, 0.25) is 0 Å². The van der Waals surface area contributed by atoms with E-state index in [9.17, 15) is 0 Å². The van der Waals surface area contributed by atoms with Crippen LogP contribution >= 0.6 is 11.6 Å². The SMILES string of the molecule is CC(C)(C)NCc1ccc(COc2cncc(Cl)c2)cc1. The molecule has 1 heterocycles. The topological polar surface area (TPSA) is 34.1 Å². The first-order chi connectivity index (χ1) is 9.92. The highest BCUT2D eigenvalue weighted by atomic mass is 35.5. The molecule has 0 fully saturated rings. The minimum atomic E-state index is 0.126. The second-order valence-electron chi connectivity index (χ2n) is 6.05. The summed E-state index contributed by atoms with van der Waals surface area (Å²) in [5, 5.41) is 4.05. The maximum absolute atomic E-state index is 5.87. The largest absolute Gasteiger partial charge is 0.487 e. The van der Waals surface area contributed by atoms with Gasteiger partial charge in [-0.1, -0.05) is 35.9 Å². The molecular weight excluding hydrogens is 284 g/mol. The zero-order chi connectivity index (χ0) is 15.3. The molecule has 0 saturated carbocycles. The molecule has 0 aliphatic carbocycles. The maximum atomic E-state index is 5.87. The Morgan fingerprint density at radius 2 is 1.76 bits per heavy atom. The molecule has 112 valence electrons.